The average molecular weight is 256 g/mol. The van der Waals surface area contributed by atoms with Crippen LogP contribution in [0.15, 0.2) is 34.6 Å². The lowest BCUT2D eigenvalue weighted by molar-refractivity contribution is -0.127. The molecule has 1 aliphatic heterocycles. The first-order valence-corrected chi connectivity index (χ1v) is 7.22. The van der Waals surface area contributed by atoms with Gasteiger partial charge in [0.05, 0.1) is 0 Å². The summed E-state index contributed by atoms with van der Waals surface area (Å²) in [6.07, 6.45) is 8.00. The Balaban J connectivity index is 3.19. The molecule has 0 saturated heterocycles. The van der Waals surface area contributed by atoms with E-state index in [1.165, 1.54) is 18.7 Å². The second-order valence-corrected chi connectivity index (χ2v) is 5.43. The average Bonchev–Trinajstić information content (AvgIpc) is 2.78. The number of allylic oxidation sites excluding steroid dienone is 3. The van der Waals surface area contributed by atoms with E-state index in [9.17, 15) is 9.90 Å². The van der Waals surface area contributed by atoms with Crippen LogP contribution in [0.1, 0.15) is 13.3 Å². The van der Waals surface area contributed by atoms with Crippen molar-refractivity contribution in [2.75, 3.05) is 12.0 Å². The zero-order valence-corrected chi connectivity index (χ0v) is 11.2. The van der Waals surface area contributed by atoms with Gasteiger partial charge in [-0.2, -0.15) is 0 Å². The molecule has 1 aliphatic rings. The first kappa shape index (κ1) is 13.6. The number of rotatable bonds is 5. The first-order valence-electron chi connectivity index (χ1n) is 5.01. The van der Waals surface area contributed by atoms with Crippen molar-refractivity contribution in [2.24, 2.45) is 0 Å². The topological polar surface area (TPSA) is 37.3 Å². The van der Waals surface area contributed by atoms with Crippen LogP contribution in [0.5, 0.6) is 0 Å². The van der Waals surface area contributed by atoms with Gasteiger partial charge in [-0.3, -0.25) is 4.79 Å². The fraction of sp³-hybridized carbons (Fsp3) is 0.417. The minimum Gasteiger partial charge on any atom is -0.372 e. The highest BCUT2D eigenvalue weighted by Crippen LogP contribution is 2.42. The Hall–Kier alpha value is -0.450. The van der Waals surface area contributed by atoms with Crippen LogP contribution in [-0.2, 0) is 4.79 Å². The lowest BCUT2D eigenvalue weighted by Crippen LogP contribution is -2.39. The summed E-state index contributed by atoms with van der Waals surface area (Å²) < 4.78 is 0. The fourth-order valence-corrected chi connectivity index (χ4v) is 3.58. The van der Waals surface area contributed by atoms with Gasteiger partial charge in [-0.05, 0) is 25.7 Å². The van der Waals surface area contributed by atoms with Crippen molar-refractivity contribution in [3.8, 4) is 0 Å². The Labute approximate surface area is 105 Å². The van der Waals surface area contributed by atoms with E-state index < -0.39 is 5.60 Å². The summed E-state index contributed by atoms with van der Waals surface area (Å²) in [6, 6.07) is 0. The van der Waals surface area contributed by atoms with Gasteiger partial charge in [-0.25, -0.2) is 0 Å². The van der Waals surface area contributed by atoms with Crippen LogP contribution in [0.3, 0.4) is 0 Å². The Morgan fingerprint density at radius 3 is 2.81 bits per heavy atom. The molecule has 1 heterocycles. The molecular weight excluding hydrogens is 240 g/mol. The van der Waals surface area contributed by atoms with Gasteiger partial charge < -0.3 is 5.11 Å². The van der Waals surface area contributed by atoms with Crippen molar-refractivity contribution >= 4 is 29.3 Å². The van der Waals surface area contributed by atoms with Crippen LogP contribution < -0.4 is 0 Å². The molecule has 2 nitrogen and oxygen atoms in total. The lowest BCUT2D eigenvalue weighted by atomic mass is 9.97. The molecule has 88 valence electrons. The van der Waals surface area contributed by atoms with Gasteiger partial charge in [0.25, 0.3) is 0 Å². The van der Waals surface area contributed by atoms with Gasteiger partial charge in [-0.15, -0.1) is 23.5 Å². The quantitative estimate of drug-likeness (QED) is 0.768. The smallest absolute Gasteiger partial charge is 0.184 e. The molecule has 1 unspecified atom stereocenters. The summed E-state index contributed by atoms with van der Waals surface area (Å²) in [6.45, 7) is 5.03. The van der Waals surface area contributed by atoms with Gasteiger partial charge in [-0.1, -0.05) is 18.7 Å². The minimum absolute atomic E-state index is 0.240. The lowest BCUT2D eigenvalue weighted by Gasteiger charge is -2.28. The van der Waals surface area contributed by atoms with Crippen LogP contribution in [0, 0.1) is 0 Å². The molecule has 0 aliphatic carbocycles. The van der Waals surface area contributed by atoms with E-state index in [4.69, 9.17) is 0 Å². The standard InChI is InChI=1S/C12H16O2S2/c1-4-6-10(15-3)12(14,9(2)13)11-7-5-8-16-11/h4,6-7,14H,1,5,8H2,2-3H3/b10-6-. The normalized spacial score (nSPS) is 20.2. The molecule has 0 aromatic rings. The van der Waals surface area contributed by atoms with E-state index >= 15 is 0 Å². The number of carbonyl (C=O) groups is 1. The van der Waals surface area contributed by atoms with E-state index in [-0.39, 0.29) is 5.78 Å². The molecule has 0 aromatic carbocycles. The largest absolute Gasteiger partial charge is 0.372 e. The SMILES string of the molecule is C=C/C=C(\SC)C(O)(C(C)=O)C1=CCCS1. The fourth-order valence-electron chi connectivity index (χ4n) is 1.58. The van der Waals surface area contributed by atoms with Crippen LogP contribution in [0.4, 0.5) is 0 Å². The van der Waals surface area contributed by atoms with E-state index in [0.29, 0.717) is 4.91 Å². The maximum absolute atomic E-state index is 11.7. The number of hydrogen-bond acceptors (Lipinski definition) is 4. The summed E-state index contributed by atoms with van der Waals surface area (Å²) >= 11 is 2.93. The van der Waals surface area contributed by atoms with Crippen molar-refractivity contribution in [3.05, 3.63) is 34.6 Å². The van der Waals surface area contributed by atoms with Gasteiger partial charge >= 0.3 is 0 Å². The summed E-state index contributed by atoms with van der Waals surface area (Å²) in [4.78, 5) is 13.1. The molecule has 0 spiro atoms. The Morgan fingerprint density at radius 1 is 1.75 bits per heavy atom. The molecule has 4 heteroatoms. The Kier molecular flexibility index (Phi) is 4.89. The number of hydrogen-bond donors (Lipinski definition) is 1. The molecular formula is C12H16O2S2. The third-order valence-electron chi connectivity index (χ3n) is 2.42. The molecule has 0 bridgehead atoms. The van der Waals surface area contributed by atoms with E-state index in [2.05, 4.69) is 6.58 Å². The maximum Gasteiger partial charge on any atom is 0.184 e. The van der Waals surface area contributed by atoms with Crippen molar-refractivity contribution in [1.82, 2.24) is 0 Å². The third kappa shape index (κ3) is 2.44. The van der Waals surface area contributed by atoms with Gasteiger partial charge in [0, 0.05) is 15.6 Å². The van der Waals surface area contributed by atoms with Crippen molar-refractivity contribution in [2.45, 2.75) is 18.9 Å². The molecule has 0 radical (unpaired) electrons. The van der Waals surface area contributed by atoms with Crippen molar-refractivity contribution < 1.29 is 9.90 Å². The van der Waals surface area contributed by atoms with Crippen LogP contribution >= 0.6 is 23.5 Å². The number of carbonyl (C=O) groups excluding carboxylic acids is 1. The molecule has 0 fully saturated rings. The second-order valence-electron chi connectivity index (χ2n) is 3.44. The first-order chi connectivity index (χ1) is 7.57. The summed E-state index contributed by atoms with van der Waals surface area (Å²) in [5, 5.41) is 10.6. The van der Waals surface area contributed by atoms with Crippen LogP contribution in [-0.4, -0.2) is 28.5 Å². The Bertz CT molecular complexity index is 358. The zero-order valence-electron chi connectivity index (χ0n) is 9.53. The van der Waals surface area contributed by atoms with E-state index in [0.717, 1.165) is 17.1 Å². The van der Waals surface area contributed by atoms with E-state index in [1.807, 2.05) is 12.3 Å². The van der Waals surface area contributed by atoms with E-state index in [1.54, 1.807) is 23.9 Å². The minimum atomic E-state index is -1.46. The molecule has 0 aromatic heterocycles. The van der Waals surface area contributed by atoms with Crippen molar-refractivity contribution in [3.63, 3.8) is 0 Å². The summed E-state index contributed by atoms with van der Waals surface area (Å²) in [5.74, 6) is 0.691. The predicted molar refractivity (Wildman–Crippen MR) is 72.6 cm³/mol. The molecule has 1 rings (SSSR count). The Morgan fingerprint density at radius 2 is 2.44 bits per heavy atom. The predicted octanol–water partition coefficient (Wildman–Crippen LogP) is 2.76. The molecule has 0 amide bonds. The van der Waals surface area contributed by atoms with Gasteiger partial charge in [0.15, 0.2) is 11.4 Å². The van der Waals surface area contributed by atoms with Gasteiger partial charge in [0.1, 0.15) is 0 Å². The highest BCUT2D eigenvalue weighted by atomic mass is 32.2. The number of thioether (sulfide) groups is 2. The number of ketones is 1. The summed E-state index contributed by atoms with van der Waals surface area (Å²) in [7, 11) is 0. The van der Waals surface area contributed by atoms with Crippen molar-refractivity contribution in [1.29, 1.82) is 0 Å². The van der Waals surface area contributed by atoms with Crippen LogP contribution in [0.2, 0.25) is 0 Å². The third-order valence-corrected chi connectivity index (χ3v) is 4.50. The molecule has 0 saturated carbocycles. The highest BCUT2D eigenvalue weighted by Gasteiger charge is 2.41. The van der Waals surface area contributed by atoms with Crippen LogP contribution in [0.25, 0.3) is 0 Å². The highest BCUT2D eigenvalue weighted by molar-refractivity contribution is 8.04. The molecule has 1 N–H and O–H groups in total. The number of Topliss-reactive ketones (excluding diaryl/α,β-unsaturated/α-hetero) is 1. The monoisotopic (exact) mass is 256 g/mol. The second kappa shape index (κ2) is 5.75. The number of aliphatic hydroxyl groups is 1. The molecule has 1 atom stereocenters. The summed E-state index contributed by atoms with van der Waals surface area (Å²) in [5.41, 5.74) is -1.46. The maximum atomic E-state index is 11.7. The molecule has 16 heavy (non-hydrogen) atoms. The van der Waals surface area contributed by atoms with Gasteiger partial charge in [0.2, 0.25) is 0 Å². The zero-order chi connectivity index (χ0) is 12.2.